The number of benzene rings is 1. The number of amides is 1. The average Bonchev–Trinajstić information content (AvgIpc) is 2.89. The van der Waals surface area contributed by atoms with Crippen LogP contribution in [-0.2, 0) is 10.2 Å². The molecule has 0 radical (unpaired) electrons. The van der Waals surface area contributed by atoms with Gasteiger partial charge in [-0.05, 0) is 36.0 Å². The van der Waals surface area contributed by atoms with Crippen molar-refractivity contribution in [2.45, 2.75) is 39.0 Å². The maximum absolute atomic E-state index is 11.8. The second kappa shape index (κ2) is 5.64. The smallest absolute Gasteiger partial charge is 0.260 e. The zero-order valence-corrected chi connectivity index (χ0v) is 12.1. The fraction of sp³-hybridized carbons (Fsp3) is 0.562. The van der Waals surface area contributed by atoms with Crippen molar-refractivity contribution < 1.29 is 9.53 Å². The summed E-state index contributed by atoms with van der Waals surface area (Å²) in [5, 5.41) is 0. The van der Waals surface area contributed by atoms with Crippen LogP contribution in [0.2, 0.25) is 0 Å². The predicted molar refractivity (Wildman–Crippen MR) is 76.5 cm³/mol. The molecule has 1 aliphatic rings. The second-order valence-electron chi connectivity index (χ2n) is 6.15. The van der Waals surface area contributed by atoms with Crippen LogP contribution < -0.4 is 4.74 Å². The second-order valence-corrected chi connectivity index (χ2v) is 6.15. The summed E-state index contributed by atoms with van der Waals surface area (Å²) in [6.45, 7) is 8.45. The maximum Gasteiger partial charge on any atom is 0.260 e. The fourth-order valence-corrected chi connectivity index (χ4v) is 2.25. The first-order valence-electron chi connectivity index (χ1n) is 6.98. The molecule has 3 heteroatoms. The van der Waals surface area contributed by atoms with Gasteiger partial charge in [-0.3, -0.25) is 4.79 Å². The van der Waals surface area contributed by atoms with E-state index >= 15 is 0 Å². The van der Waals surface area contributed by atoms with E-state index in [1.54, 1.807) is 0 Å². The van der Waals surface area contributed by atoms with Crippen LogP contribution in [-0.4, -0.2) is 30.5 Å². The Morgan fingerprint density at radius 1 is 1.16 bits per heavy atom. The molecule has 1 saturated heterocycles. The van der Waals surface area contributed by atoms with Crippen LogP contribution in [0.1, 0.15) is 39.2 Å². The van der Waals surface area contributed by atoms with Crippen LogP contribution in [0.3, 0.4) is 0 Å². The molecule has 0 atom stereocenters. The molecule has 1 aliphatic heterocycles. The molecular formula is C16H23NO2. The Bertz CT molecular complexity index is 425. The monoisotopic (exact) mass is 261 g/mol. The Kier molecular flexibility index (Phi) is 4.13. The molecule has 1 fully saturated rings. The average molecular weight is 261 g/mol. The van der Waals surface area contributed by atoms with Crippen molar-refractivity contribution in [1.29, 1.82) is 0 Å². The lowest BCUT2D eigenvalue weighted by Crippen LogP contribution is -2.32. The van der Waals surface area contributed by atoms with Crippen molar-refractivity contribution in [2.24, 2.45) is 0 Å². The molecule has 0 spiro atoms. The number of ether oxygens (including phenoxy) is 1. The molecule has 0 aliphatic carbocycles. The van der Waals surface area contributed by atoms with Crippen molar-refractivity contribution in [1.82, 2.24) is 4.90 Å². The Labute approximate surface area is 115 Å². The summed E-state index contributed by atoms with van der Waals surface area (Å²) < 4.78 is 5.56. The normalized spacial score (nSPS) is 15.6. The van der Waals surface area contributed by atoms with Gasteiger partial charge in [0.2, 0.25) is 0 Å². The van der Waals surface area contributed by atoms with Crippen LogP contribution >= 0.6 is 0 Å². The molecule has 1 heterocycles. The highest BCUT2D eigenvalue weighted by Crippen LogP contribution is 2.24. The third-order valence-electron chi connectivity index (χ3n) is 3.54. The number of hydrogen-bond acceptors (Lipinski definition) is 2. The summed E-state index contributed by atoms with van der Waals surface area (Å²) >= 11 is 0. The molecule has 0 N–H and O–H groups in total. The number of nitrogens with zero attached hydrogens (tertiary/aromatic N) is 1. The number of carbonyl (C=O) groups excluding carboxylic acids is 1. The molecule has 0 saturated carbocycles. The van der Waals surface area contributed by atoms with Gasteiger partial charge < -0.3 is 9.64 Å². The molecule has 3 nitrogen and oxygen atoms in total. The molecule has 2 rings (SSSR count). The van der Waals surface area contributed by atoms with Crippen LogP contribution in [0.5, 0.6) is 5.75 Å². The predicted octanol–water partition coefficient (Wildman–Crippen LogP) is 2.99. The van der Waals surface area contributed by atoms with E-state index in [2.05, 4.69) is 32.9 Å². The van der Waals surface area contributed by atoms with Gasteiger partial charge in [0.25, 0.3) is 5.91 Å². The highest BCUT2D eigenvalue weighted by atomic mass is 16.5. The van der Waals surface area contributed by atoms with Crippen molar-refractivity contribution in [3.05, 3.63) is 29.8 Å². The van der Waals surface area contributed by atoms with E-state index in [-0.39, 0.29) is 17.9 Å². The minimum Gasteiger partial charge on any atom is -0.484 e. The molecule has 1 aromatic carbocycles. The van der Waals surface area contributed by atoms with Crippen LogP contribution in [0, 0.1) is 0 Å². The van der Waals surface area contributed by atoms with Gasteiger partial charge in [0.05, 0.1) is 0 Å². The molecule has 104 valence electrons. The lowest BCUT2D eigenvalue weighted by molar-refractivity contribution is -0.132. The van der Waals surface area contributed by atoms with E-state index in [0.717, 1.165) is 31.7 Å². The van der Waals surface area contributed by atoms with Crippen LogP contribution in [0.15, 0.2) is 24.3 Å². The summed E-state index contributed by atoms with van der Waals surface area (Å²) in [5.41, 5.74) is 1.41. The number of carbonyl (C=O) groups is 1. The van der Waals surface area contributed by atoms with E-state index in [0.29, 0.717) is 0 Å². The third kappa shape index (κ3) is 3.72. The summed E-state index contributed by atoms with van der Waals surface area (Å²) in [5.74, 6) is 0.859. The first-order valence-corrected chi connectivity index (χ1v) is 6.98. The van der Waals surface area contributed by atoms with E-state index in [1.807, 2.05) is 17.0 Å². The molecule has 1 aromatic rings. The Morgan fingerprint density at radius 3 is 2.26 bits per heavy atom. The Balaban J connectivity index is 1.87. The number of hydrogen-bond donors (Lipinski definition) is 0. The van der Waals surface area contributed by atoms with E-state index < -0.39 is 0 Å². The third-order valence-corrected chi connectivity index (χ3v) is 3.54. The fourth-order valence-electron chi connectivity index (χ4n) is 2.25. The van der Waals surface area contributed by atoms with Gasteiger partial charge in [0, 0.05) is 13.1 Å². The minimum atomic E-state index is 0.0948. The van der Waals surface area contributed by atoms with Crippen molar-refractivity contribution in [3.63, 3.8) is 0 Å². The van der Waals surface area contributed by atoms with Gasteiger partial charge in [0.15, 0.2) is 6.61 Å². The van der Waals surface area contributed by atoms with E-state index in [4.69, 9.17) is 4.74 Å². The van der Waals surface area contributed by atoms with Gasteiger partial charge in [-0.15, -0.1) is 0 Å². The van der Waals surface area contributed by atoms with Crippen LogP contribution in [0.25, 0.3) is 0 Å². The zero-order chi connectivity index (χ0) is 13.9. The molecular weight excluding hydrogens is 238 g/mol. The summed E-state index contributed by atoms with van der Waals surface area (Å²) in [6, 6.07) is 8.01. The molecule has 0 unspecified atom stereocenters. The van der Waals surface area contributed by atoms with E-state index in [9.17, 15) is 4.79 Å². The maximum atomic E-state index is 11.8. The molecule has 1 amide bonds. The first-order chi connectivity index (χ1) is 8.97. The van der Waals surface area contributed by atoms with Crippen molar-refractivity contribution in [3.8, 4) is 5.75 Å². The van der Waals surface area contributed by atoms with Crippen molar-refractivity contribution in [2.75, 3.05) is 19.7 Å². The molecule has 19 heavy (non-hydrogen) atoms. The van der Waals surface area contributed by atoms with Gasteiger partial charge in [-0.25, -0.2) is 0 Å². The lowest BCUT2D eigenvalue weighted by Gasteiger charge is -2.19. The largest absolute Gasteiger partial charge is 0.484 e. The van der Waals surface area contributed by atoms with E-state index in [1.165, 1.54) is 5.56 Å². The van der Waals surface area contributed by atoms with Gasteiger partial charge >= 0.3 is 0 Å². The first kappa shape index (κ1) is 13.9. The highest BCUT2D eigenvalue weighted by Gasteiger charge is 2.18. The number of rotatable bonds is 3. The number of likely N-dealkylation sites (tertiary alicyclic amines) is 1. The minimum absolute atomic E-state index is 0.0948. The van der Waals surface area contributed by atoms with Crippen molar-refractivity contribution >= 4 is 5.91 Å². The quantitative estimate of drug-likeness (QED) is 0.837. The molecule has 0 bridgehead atoms. The Hall–Kier alpha value is -1.51. The highest BCUT2D eigenvalue weighted by molar-refractivity contribution is 5.78. The summed E-state index contributed by atoms with van der Waals surface area (Å²) in [4.78, 5) is 13.7. The van der Waals surface area contributed by atoms with Gasteiger partial charge in [-0.1, -0.05) is 32.9 Å². The SMILES string of the molecule is CC(C)(C)c1ccc(OCC(=O)N2CCCC2)cc1. The lowest BCUT2D eigenvalue weighted by atomic mass is 9.87. The summed E-state index contributed by atoms with van der Waals surface area (Å²) in [6.07, 6.45) is 2.23. The standard InChI is InChI=1S/C16H23NO2/c1-16(2,3)13-6-8-14(9-7-13)19-12-15(18)17-10-4-5-11-17/h6-9H,4-5,10-12H2,1-3H3. The molecule has 0 aromatic heterocycles. The van der Waals surface area contributed by atoms with Gasteiger partial charge in [0.1, 0.15) is 5.75 Å². The van der Waals surface area contributed by atoms with Gasteiger partial charge in [-0.2, -0.15) is 0 Å². The topological polar surface area (TPSA) is 29.5 Å². The van der Waals surface area contributed by atoms with Crippen LogP contribution in [0.4, 0.5) is 0 Å². The zero-order valence-electron chi connectivity index (χ0n) is 12.1. The Morgan fingerprint density at radius 2 is 1.74 bits per heavy atom. The summed E-state index contributed by atoms with van der Waals surface area (Å²) in [7, 11) is 0.